The largest absolute Gasteiger partial charge is 0.416 e. The van der Waals surface area contributed by atoms with E-state index < -0.39 is 11.7 Å². The molecule has 0 aliphatic carbocycles. The summed E-state index contributed by atoms with van der Waals surface area (Å²) in [6, 6.07) is 2.05. The summed E-state index contributed by atoms with van der Waals surface area (Å²) in [5.41, 5.74) is -0.506. The Balaban J connectivity index is 2.51. The third kappa shape index (κ3) is 3.53. The molecule has 0 aliphatic heterocycles. The number of alkyl halides is 3. The third-order valence-corrected chi connectivity index (χ3v) is 2.92. The molecule has 0 aliphatic rings. The Hall–Kier alpha value is -2.05. The summed E-state index contributed by atoms with van der Waals surface area (Å²) >= 11 is 0. The van der Waals surface area contributed by atoms with Crippen LogP contribution in [-0.4, -0.2) is 21.1 Å². The van der Waals surface area contributed by atoms with E-state index in [1.165, 1.54) is 0 Å². The van der Waals surface area contributed by atoms with Crippen molar-refractivity contribution in [3.05, 3.63) is 30.1 Å². The molecule has 1 N–H and O–H groups in total. The van der Waals surface area contributed by atoms with Gasteiger partial charge in [0.1, 0.15) is 11.5 Å². The highest BCUT2D eigenvalue weighted by Crippen LogP contribution is 2.33. The number of halogens is 3. The number of rotatable bonds is 5. The Morgan fingerprint density at radius 3 is 2.62 bits per heavy atom. The maximum Gasteiger partial charge on any atom is 0.416 e. The van der Waals surface area contributed by atoms with E-state index >= 15 is 0 Å². The first-order chi connectivity index (χ1) is 9.95. The van der Waals surface area contributed by atoms with Crippen LogP contribution >= 0.6 is 0 Å². The summed E-state index contributed by atoms with van der Waals surface area (Å²) in [4.78, 5) is 8.36. The van der Waals surface area contributed by atoms with E-state index in [9.17, 15) is 13.2 Å². The van der Waals surface area contributed by atoms with Crippen LogP contribution in [0, 0.1) is 0 Å². The molecule has 0 radical (unpaired) electrons. The van der Waals surface area contributed by atoms with Gasteiger partial charge in [-0.05, 0) is 25.5 Å². The quantitative estimate of drug-likeness (QED) is 0.913. The molecule has 114 valence electrons. The van der Waals surface area contributed by atoms with E-state index in [0.29, 0.717) is 18.9 Å². The lowest BCUT2D eigenvalue weighted by Gasteiger charge is -2.13. The smallest absolute Gasteiger partial charge is 0.370 e. The van der Waals surface area contributed by atoms with Gasteiger partial charge < -0.3 is 9.88 Å². The average molecular weight is 298 g/mol. The molecule has 0 spiro atoms. The molecular formula is C14H17F3N4. The first kappa shape index (κ1) is 15.3. The molecule has 0 bridgehead atoms. The lowest BCUT2D eigenvalue weighted by molar-refractivity contribution is -0.137. The zero-order valence-electron chi connectivity index (χ0n) is 11.9. The van der Waals surface area contributed by atoms with Gasteiger partial charge in [0.2, 0.25) is 0 Å². The Labute approximate surface area is 121 Å². The maximum atomic E-state index is 13.0. The van der Waals surface area contributed by atoms with Gasteiger partial charge >= 0.3 is 6.18 Å². The van der Waals surface area contributed by atoms with Crippen molar-refractivity contribution < 1.29 is 13.2 Å². The fourth-order valence-electron chi connectivity index (χ4n) is 2.04. The van der Waals surface area contributed by atoms with Gasteiger partial charge in [-0.1, -0.05) is 6.92 Å². The predicted octanol–water partition coefficient (Wildman–Crippen LogP) is 3.81. The number of hydrogen-bond acceptors (Lipinski definition) is 3. The van der Waals surface area contributed by atoms with Gasteiger partial charge in [0.15, 0.2) is 5.82 Å². The van der Waals surface area contributed by atoms with E-state index in [1.54, 1.807) is 23.9 Å². The van der Waals surface area contributed by atoms with Gasteiger partial charge in [0.25, 0.3) is 0 Å². The van der Waals surface area contributed by atoms with E-state index in [2.05, 4.69) is 15.3 Å². The molecule has 0 aromatic carbocycles. The van der Waals surface area contributed by atoms with Crippen molar-refractivity contribution in [3.8, 4) is 11.5 Å². The topological polar surface area (TPSA) is 42.7 Å². The van der Waals surface area contributed by atoms with Crippen LogP contribution in [-0.2, 0) is 12.7 Å². The van der Waals surface area contributed by atoms with Gasteiger partial charge in [-0.3, -0.25) is 0 Å². The number of imidazole rings is 1. The van der Waals surface area contributed by atoms with Crippen LogP contribution < -0.4 is 5.32 Å². The van der Waals surface area contributed by atoms with Gasteiger partial charge in [0.05, 0.1) is 5.56 Å². The van der Waals surface area contributed by atoms with Crippen LogP contribution in [0.5, 0.6) is 0 Å². The second kappa shape index (κ2) is 6.15. The van der Waals surface area contributed by atoms with Crippen molar-refractivity contribution in [1.82, 2.24) is 14.5 Å². The lowest BCUT2D eigenvalue weighted by Crippen LogP contribution is -2.10. The van der Waals surface area contributed by atoms with Crippen LogP contribution in [0.3, 0.4) is 0 Å². The monoisotopic (exact) mass is 298 g/mol. The van der Waals surface area contributed by atoms with Crippen LogP contribution in [0.1, 0.15) is 25.8 Å². The molecular weight excluding hydrogens is 281 g/mol. The highest BCUT2D eigenvalue weighted by Gasteiger charge is 2.32. The molecule has 4 nitrogen and oxygen atoms in total. The fraction of sp³-hybridized carbons (Fsp3) is 0.429. The molecule has 21 heavy (non-hydrogen) atoms. The minimum absolute atomic E-state index is 0.202. The first-order valence-electron chi connectivity index (χ1n) is 6.80. The normalized spacial score (nSPS) is 11.7. The second-order valence-electron chi connectivity index (χ2n) is 4.60. The minimum atomic E-state index is -4.41. The first-order valence-corrected chi connectivity index (χ1v) is 6.80. The van der Waals surface area contributed by atoms with Crippen molar-refractivity contribution in [2.24, 2.45) is 0 Å². The van der Waals surface area contributed by atoms with E-state index in [1.807, 2.05) is 6.92 Å². The van der Waals surface area contributed by atoms with E-state index in [4.69, 9.17) is 0 Å². The predicted molar refractivity (Wildman–Crippen MR) is 74.9 cm³/mol. The molecule has 0 saturated heterocycles. The third-order valence-electron chi connectivity index (χ3n) is 2.92. The summed E-state index contributed by atoms with van der Waals surface area (Å²) in [7, 11) is 0. The van der Waals surface area contributed by atoms with Gasteiger partial charge in [-0.25, -0.2) is 9.97 Å². The van der Waals surface area contributed by atoms with Crippen molar-refractivity contribution in [3.63, 3.8) is 0 Å². The molecule has 0 amide bonds. The molecule has 0 unspecified atom stereocenters. The number of pyridine rings is 1. The molecule has 2 rings (SSSR count). The molecule has 2 aromatic heterocycles. The fourth-order valence-corrected chi connectivity index (χ4v) is 2.04. The summed E-state index contributed by atoms with van der Waals surface area (Å²) in [5, 5.41) is 2.83. The maximum absolute atomic E-state index is 13.0. The Morgan fingerprint density at radius 2 is 2.00 bits per heavy atom. The summed E-state index contributed by atoms with van der Waals surface area (Å²) in [6.07, 6.45) is -0.236. The highest BCUT2D eigenvalue weighted by molar-refractivity contribution is 5.56. The van der Waals surface area contributed by atoms with E-state index in [-0.39, 0.29) is 11.5 Å². The zero-order valence-corrected chi connectivity index (χ0v) is 11.9. The van der Waals surface area contributed by atoms with Gasteiger partial charge in [0, 0.05) is 25.5 Å². The van der Waals surface area contributed by atoms with E-state index in [0.717, 1.165) is 18.6 Å². The Morgan fingerprint density at radius 1 is 1.24 bits per heavy atom. The number of aromatic nitrogens is 3. The number of aryl methyl sites for hydroxylation is 1. The van der Waals surface area contributed by atoms with Crippen molar-refractivity contribution in [2.45, 2.75) is 33.0 Å². The number of nitrogens with zero attached hydrogens (tertiary/aromatic N) is 3. The van der Waals surface area contributed by atoms with Crippen LogP contribution in [0.25, 0.3) is 11.5 Å². The second-order valence-corrected chi connectivity index (χ2v) is 4.60. The van der Waals surface area contributed by atoms with Crippen molar-refractivity contribution in [2.75, 3.05) is 11.9 Å². The molecule has 0 saturated carbocycles. The number of anilines is 1. The lowest BCUT2D eigenvalue weighted by atomic mass is 10.2. The molecule has 0 fully saturated rings. The average Bonchev–Trinajstić information content (AvgIpc) is 2.86. The summed E-state index contributed by atoms with van der Waals surface area (Å²) in [6.45, 7) is 4.98. The molecule has 2 heterocycles. The number of hydrogen-bond donors (Lipinski definition) is 1. The van der Waals surface area contributed by atoms with Gasteiger partial charge in [-0.15, -0.1) is 0 Å². The Kier molecular flexibility index (Phi) is 4.50. The van der Waals surface area contributed by atoms with Crippen molar-refractivity contribution >= 4 is 5.82 Å². The Bertz CT molecular complexity index is 605. The molecule has 0 atom stereocenters. The van der Waals surface area contributed by atoms with Crippen LogP contribution in [0.2, 0.25) is 0 Å². The van der Waals surface area contributed by atoms with Gasteiger partial charge in [-0.2, -0.15) is 13.2 Å². The van der Waals surface area contributed by atoms with Crippen LogP contribution in [0.15, 0.2) is 24.5 Å². The minimum Gasteiger partial charge on any atom is -0.370 e. The number of nitrogens with one attached hydrogen (secondary N) is 1. The zero-order chi connectivity index (χ0) is 15.5. The molecule has 2 aromatic rings. The summed E-state index contributed by atoms with van der Waals surface area (Å²) < 4.78 is 40.8. The van der Waals surface area contributed by atoms with Crippen LogP contribution in [0.4, 0.5) is 19.0 Å². The SMILES string of the molecule is CCCn1ccnc1-c1cc(C(F)(F)F)cc(NCC)n1. The summed E-state index contributed by atoms with van der Waals surface area (Å²) in [5.74, 6) is 0.649. The highest BCUT2D eigenvalue weighted by atomic mass is 19.4. The standard InChI is InChI=1S/C14H17F3N4/c1-3-6-21-7-5-19-13(21)11-8-10(14(15,16)17)9-12(20-11)18-4-2/h5,7-9H,3-4,6H2,1-2H3,(H,18,20). The molecule has 7 heteroatoms. The van der Waals surface area contributed by atoms with Crippen molar-refractivity contribution in [1.29, 1.82) is 0 Å².